The van der Waals surface area contributed by atoms with Crippen LogP contribution in [0.4, 0.5) is 0 Å². The number of nitrogens with one attached hydrogen (secondary N) is 1. The molecule has 0 spiro atoms. The smallest absolute Gasteiger partial charge is 0.245 e. The molecule has 3 rings (SSSR count). The molecule has 8 nitrogen and oxygen atoms in total. The maximum absolute atomic E-state index is 13.1. The zero-order valence-electron chi connectivity index (χ0n) is 15.5. The molecule has 0 atom stereocenters. The van der Waals surface area contributed by atoms with Crippen molar-refractivity contribution in [2.45, 2.75) is 18.7 Å². The number of fused-ring (bicyclic) bond motifs is 1. The molecule has 0 aliphatic carbocycles. The van der Waals surface area contributed by atoms with Crippen molar-refractivity contribution in [3.05, 3.63) is 23.5 Å². The van der Waals surface area contributed by atoms with Crippen LogP contribution in [0.1, 0.15) is 13.8 Å². The normalized spacial score (nSPS) is 16.7. The number of aromatic amines is 1. The van der Waals surface area contributed by atoms with Crippen LogP contribution in [0.2, 0.25) is 5.02 Å². The van der Waals surface area contributed by atoms with Crippen LogP contribution in [0.15, 0.2) is 23.4 Å². The first kappa shape index (κ1) is 20.1. The van der Waals surface area contributed by atoms with E-state index in [1.807, 2.05) is 18.7 Å². The summed E-state index contributed by atoms with van der Waals surface area (Å²) in [6, 6.07) is 1.58. The van der Waals surface area contributed by atoms with Gasteiger partial charge in [-0.1, -0.05) is 11.6 Å². The van der Waals surface area contributed by atoms with Gasteiger partial charge in [-0.05, 0) is 19.9 Å². The zero-order valence-corrected chi connectivity index (χ0v) is 17.1. The van der Waals surface area contributed by atoms with Gasteiger partial charge >= 0.3 is 0 Å². The monoisotopic (exact) mass is 413 g/mol. The average molecular weight is 414 g/mol. The number of likely N-dealkylation sites (N-methyl/N-ethyl adjacent to an activating group) is 1. The van der Waals surface area contributed by atoms with Crippen molar-refractivity contribution in [2.24, 2.45) is 0 Å². The highest BCUT2D eigenvalue weighted by Gasteiger charge is 2.32. The van der Waals surface area contributed by atoms with Gasteiger partial charge in [0.15, 0.2) is 0 Å². The summed E-state index contributed by atoms with van der Waals surface area (Å²) in [6.45, 7) is 7.27. The second-order valence-corrected chi connectivity index (χ2v) is 8.73. The fourth-order valence-corrected chi connectivity index (χ4v) is 5.22. The molecule has 1 N–H and O–H groups in total. The van der Waals surface area contributed by atoms with Gasteiger partial charge in [-0.3, -0.25) is 9.69 Å². The molecule has 3 heterocycles. The Morgan fingerprint density at radius 1 is 1.26 bits per heavy atom. The van der Waals surface area contributed by atoms with Crippen LogP contribution in [-0.4, -0.2) is 84.2 Å². The molecule has 10 heteroatoms. The molecular weight excluding hydrogens is 390 g/mol. The van der Waals surface area contributed by atoms with Crippen LogP contribution in [0.25, 0.3) is 11.0 Å². The molecule has 0 aromatic carbocycles. The fraction of sp³-hybridized carbons (Fsp3) is 0.529. The minimum absolute atomic E-state index is 0.0748. The Labute approximate surface area is 164 Å². The van der Waals surface area contributed by atoms with Crippen LogP contribution in [0.5, 0.6) is 0 Å². The number of sulfonamides is 1. The molecule has 0 saturated carbocycles. The lowest BCUT2D eigenvalue weighted by molar-refractivity contribution is -0.132. The molecule has 2 aromatic heterocycles. The summed E-state index contributed by atoms with van der Waals surface area (Å²) in [6.07, 6.45) is 2.97. The number of H-pyrrole nitrogens is 1. The van der Waals surface area contributed by atoms with E-state index in [-0.39, 0.29) is 10.8 Å². The Bertz CT molecular complexity index is 918. The quantitative estimate of drug-likeness (QED) is 0.772. The van der Waals surface area contributed by atoms with Gasteiger partial charge in [0, 0.05) is 51.7 Å². The van der Waals surface area contributed by atoms with E-state index in [0.717, 1.165) is 0 Å². The lowest BCUT2D eigenvalue weighted by Gasteiger charge is -2.34. The Morgan fingerprint density at radius 2 is 1.93 bits per heavy atom. The number of carbonyl (C=O) groups excluding carboxylic acids is 1. The van der Waals surface area contributed by atoms with Gasteiger partial charge in [-0.25, -0.2) is 13.4 Å². The summed E-state index contributed by atoms with van der Waals surface area (Å²) in [5, 5.41) is 0.765. The van der Waals surface area contributed by atoms with Crippen LogP contribution < -0.4 is 0 Å². The van der Waals surface area contributed by atoms with Gasteiger partial charge in [-0.2, -0.15) is 4.31 Å². The van der Waals surface area contributed by atoms with E-state index < -0.39 is 10.0 Å². The van der Waals surface area contributed by atoms with Gasteiger partial charge in [0.05, 0.1) is 17.0 Å². The Hall–Kier alpha value is -1.68. The van der Waals surface area contributed by atoms with Gasteiger partial charge < -0.3 is 9.88 Å². The molecule has 0 unspecified atom stereocenters. The summed E-state index contributed by atoms with van der Waals surface area (Å²) < 4.78 is 27.6. The number of nitrogens with zero attached hydrogens (tertiary/aromatic N) is 4. The molecule has 148 valence electrons. The van der Waals surface area contributed by atoms with Gasteiger partial charge in [-0.15, -0.1) is 0 Å². The van der Waals surface area contributed by atoms with Crippen LogP contribution in [0.3, 0.4) is 0 Å². The first-order chi connectivity index (χ1) is 12.9. The minimum atomic E-state index is -3.69. The second kappa shape index (κ2) is 8.14. The topological polar surface area (TPSA) is 89.6 Å². The Morgan fingerprint density at radius 3 is 2.56 bits per heavy atom. The molecule has 0 bridgehead atoms. The van der Waals surface area contributed by atoms with Gasteiger partial charge in [0.25, 0.3) is 0 Å². The van der Waals surface area contributed by atoms with E-state index >= 15 is 0 Å². The third-order valence-electron chi connectivity index (χ3n) is 4.91. The van der Waals surface area contributed by atoms with Crippen molar-refractivity contribution in [1.82, 2.24) is 24.1 Å². The van der Waals surface area contributed by atoms with Crippen LogP contribution in [-0.2, 0) is 14.8 Å². The number of halogens is 1. The molecular formula is C17H24ClN5O3S. The van der Waals surface area contributed by atoms with E-state index in [0.29, 0.717) is 61.9 Å². The molecule has 27 heavy (non-hydrogen) atoms. The highest BCUT2D eigenvalue weighted by atomic mass is 35.5. The van der Waals surface area contributed by atoms with Crippen molar-refractivity contribution in [1.29, 1.82) is 0 Å². The second-order valence-electron chi connectivity index (χ2n) is 6.42. The van der Waals surface area contributed by atoms with Crippen LogP contribution >= 0.6 is 11.6 Å². The van der Waals surface area contributed by atoms with E-state index in [9.17, 15) is 13.2 Å². The molecule has 0 radical (unpaired) electrons. The molecule has 1 aliphatic heterocycles. The number of aromatic nitrogens is 2. The molecule has 1 aliphatic rings. The fourth-order valence-electron chi connectivity index (χ4n) is 3.33. The van der Waals surface area contributed by atoms with E-state index in [2.05, 4.69) is 9.97 Å². The number of rotatable bonds is 6. The van der Waals surface area contributed by atoms with Crippen molar-refractivity contribution in [3.63, 3.8) is 0 Å². The van der Waals surface area contributed by atoms with E-state index in [1.54, 1.807) is 11.0 Å². The zero-order chi connectivity index (χ0) is 19.6. The summed E-state index contributed by atoms with van der Waals surface area (Å²) in [5.74, 6) is 0.0748. The minimum Gasteiger partial charge on any atom is -0.345 e. The van der Waals surface area contributed by atoms with E-state index in [1.165, 1.54) is 16.7 Å². The molecule has 1 saturated heterocycles. The van der Waals surface area contributed by atoms with Crippen molar-refractivity contribution < 1.29 is 13.2 Å². The SMILES string of the molecule is CCN(CC)C(=O)CN1CCN(S(=O)(=O)c2c[nH]c3nccc(Cl)c23)CC1. The lowest BCUT2D eigenvalue weighted by atomic mass is 10.3. The number of carbonyl (C=O) groups is 1. The van der Waals surface area contributed by atoms with Gasteiger partial charge in [0.1, 0.15) is 10.5 Å². The summed E-state index contributed by atoms with van der Waals surface area (Å²) in [5.41, 5.74) is 0.449. The summed E-state index contributed by atoms with van der Waals surface area (Å²) in [7, 11) is -3.69. The third kappa shape index (κ3) is 3.96. The highest BCUT2D eigenvalue weighted by Crippen LogP contribution is 2.30. The summed E-state index contributed by atoms with van der Waals surface area (Å²) >= 11 is 6.19. The predicted molar refractivity (Wildman–Crippen MR) is 104 cm³/mol. The average Bonchev–Trinajstić information content (AvgIpc) is 3.09. The maximum Gasteiger partial charge on any atom is 0.245 e. The first-order valence-electron chi connectivity index (χ1n) is 9.00. The van der Waals surface area contributed by atoms with Crippen molar-refractivity contribution in [3.8, 4) is 0 Å². The number of hydrogen-bond donors (Lipinski definition) is 1. The lowest BCUT2D eigenvalue weighted by Crippen LogP contribution is -2.51. The predicted octanol–water partition coefficient (Wildman–Crippen LogP) is 1.39. The Kier molecular flexibility index (Phi) is 6.05. The molecule has 1 fully saturated rings. The number of piperazine rings is 1. The maximum atomic E-state index is 13.1. The van der Waals surface area contributed by atoms with Crippen LogP contribution in [0, 0.1) is 0 Å². The van der Waals surface area contributed by atoms with Crippen molar-refractivity contribution in [2.75, 3.05) is 45.8 Å². The first-order valence-corrected chi connectivity index (χ1v) is 10.8. The Balaban J connectivity index is 1.71. The van der Waals surface area contributed by atoms with E-state index in [4.69, 9.17) is 11.6 Å². The molecule has 2 aromatic rings. The highest BCUT2D eigenvalue weighted by molar-refractivity contribution is 7.89. The summed E-state index contributed by atoms with van der Waals surface area (Å²) in [4.78, 5) is 23.2. The number of hydrogen-bond acceptors (Lipinski definition) is 5. The van der Waals surface area contributed by atoms with Crippen molar-refractivity contribution >= 4 is 38.6 Å². The number of amides is 1. The third-order valence-corrected chi connectivity index (χ3v) is 7.15. The standard InChI is InChI=1S/C17H24ClN5O3S/c1-3-22(4-2)15(24)12-21-7-9-23(10-8-21)27(25,26)14-11-20-17-16(14)13(18)5-6-19-17/h5-6,11H,3-4,7-10,12H2,1-2H3,(H,19,20). The molecule has 1 amide bonds. The van der Waals surface area contributed by atoms with Gasteiger partial charge in [0.2, 0.25) is 15.9 Å². The number of pyridine rings is 1. The largest absolute Gasteiger partial charge is 0.345 e.